The first kappa shape index (κ1) is 12.9. The SMILES string of the molecule is C/C=c1/c(C)c2ccccc2c(C)c1=CCCC. The largest absolute Gasteiger partial charge is 0.0795 e. The Kier molecular flexibility index (Phi) is 3.86. The maximum atomic E-state index is 2.39. The fourth-order valence-electron chi connectivity index (χ4n) is 2.76. The number of rotatable bonds is 2. The van der Waals surface area contributed by atoms with Crippen LogP contribution in [0.3, 0.4) is 0 Å². The zero-order valence-electron chi connectivity index (χ0n) is 11.9. The van der Waals surface area contributed by atoms with Gasteiger partial charge >= 0.3 is 0 Å². The molecule has 94 valence electrons. The van der Waals surface area contributed by atoms with Crippen LogP contribution in [-0.2, 0) is 0 Å². The normalized spacial score (nSPS) is 13.6. The predicted molar refractivity (Wildman–Crippen MR) is 82.2 cm³/mol. The fourth-order valence-corrected chi connectivity index (χ4v) is 2.76. The Morgan fingerprint density at radius 1 is 0.944 bits per heavy atom. The summed E-state index contributed by atoms with van der Waals surface area (Å²) in [5.41, 5.74) is 2.82. The number of benzene rings is 2. The van der Waals surface area contributed by atoms with E-state index in [1.807, 2.05) is 0 Å². The van der Waals surface area contributed by atoms with E-state index in [-0.39, 0.29) is 0 Å². The van der Waals surface area contributed by atoms with Crippen LogP contribution >= 0.6 is 0 Å². The van der Waals surface area contributed by atoms with E-state index in [1.165, 1.54) is 38.8 Å². The van der Waals surface area contributed by atoms with Gasteiger partial charge in [-0.05, 0) is 59.5 Å². The Bertz CT molecular complexity index is 675. The average Bonchev–Trinajstić information content (AvgIpc) is 2.41. The van der Waals surface area contributed by atoms with Crippen molar-refractivity contribution in [1.29, 1.82) is 0 Å². The Morgan fingerprint density at radius 2 is 1.50 bits per heavy atom. The molecule has 0 amide bonds. The minimum atomic E-state index is 1.15. The third-order valence-corrected chi connectivity index (χ3v) is 3.76. The smallest absolute Gasteiger partial charge is 0.0146 e. The van der Waals surface area contributed by atoms with Crippen LogP contribution in [0.1, 0.15) is 37.8 Å². The molecule has 0 saturated heterocycles. The summed E-state index contributed by atoms with van der Waals surface area (Å²) >= 11 is 0. The van der Waals surface area contributed by atoms with E-state index in [0.717, 1.165) is 6.42 Å². The van der Waals surface area contributed by atoms with Crippen molar-refractivity contribution in [2.24, 2.45) is 0 Å². The maximum Gasteiger partial charge on any atom is -0.0146 e. The van der Waals surface area contributed by atoms with Gasteiger partial charge in [-0.15, -0.1) is 0 Å². The molecule has 2 aromatic carbocycles. The number of fused-ring (bicyclic) bond motifs is 1. The average molecular weight is 238 g/mol. The van der Waals surface area contributed by atoms with E-state index in [0.29, 0.717) is 0 Å². The molecule has 0 saturated carbocycles. The molecule has 0 aromatic heterocycles. The number of hydrogen-bond donors (Lipinski definition) is 0. The van der Waals surface area contributed by atoms with E-state index < -0.39 is 0 Å². The second-order valence-corrected chi connectivity index (χ2v) is 4.90. The van der Waals surface area contributed by atoms with Gasteiger partial charge in [-0.3, -0.25) is 0 Å². The molecule has 2 aromatic rings. The first-order chi connectivity index (χ1) is 8.70. The van der Waals surface area contributed by atoms with Gasteiger partial charge in [-0.1, -0.05) is 49.8 Å². The Hall–Kier alpha value is -1.56. The third kappa shape index (κ3) is 2.08. The molecular weight excluding hydrogens is 216 g/mol. The van der Waals surface area contributed by atoms with E-state index in [9.17, 15) is 0 Å². The molecule has 0 bridgehead atoms. The van der Waals surface area contributed by atoms with Crippen molar-refractivity contribution in [3.05, 3.63) is 45.8 Å². The molecule has 0 heterocycles. The van der Waals surface area contributed by atoms with Crippen molar-refractivity contribution < 1.29 is 0 Å². The Morgan fingerprint density at radius 3 is 2.00 bits per heavy atom. The molecule has 0 aliphatic rings. The number of aryl methyl sites for hydroxylation is 2. The van der Waals surface area contributed by atoms with Gasteiger partial charge in [0.15, 0.2) is 0 Å². The lowest BCUT2D eigenvalue weighted by molar-refractivity contribution is 0.990. The summed E-state index contributed by atoms with van der Waals surface area (Å²) in [6.07, 6.45) is 6.99. The molecule has 0 fully saturated rings. The molecule has 18 heavy (non-hydrogen) atoms. The number of unbranched alkanes of at least 4 members (excludes halogenated alkanes) is 1. The van der Waals surface area contributed by atoms with Crippen LogP contribution in [0.4, 0.5) is 0 Å². The van der Waals surface area contributed by atoms with Crippen LogP contribution in [0.25, 0.3) is 22.9 Å². The summed E-state index contributed by atoms with van der Waals surface area (Å²) in [6, 6.07) is 8.73. The molecule has 2 rings (SSSR count). The van der Waals surface area contributed by atoms with Crippen molar-refractivity contribution in [3.63, 3.8) is 0 Å². The maximum absolute atomic E-state index is 2.39. The summed E-state index contributed by atoms with van der Waals surface area (Å²) in [4.78, 5) is 0. The molecule has 0 nitrogen and oxygen atoms in total. The quantitative estimate of drug-likeness (QED) is 0.746. The van der Waals surface area contributed by atoms with E-state index in [4.69, 9.17) is 0 Å². The number of hydrogen-bond acceptors (Lipinski definition) is 0. The predicted octanol–water partition coefficient (Wildman–Crippen LogP) is 3.84. The molecule has 0 N–H and O–H groups in total. The van der Waals surface area contributed by atoms with Gasteiger partial charge < -0.3 is 0 Å². The van der Waals surface area contributed by atoms with Gasteiger partial charge in [0.25, 0.3) is 0 Å². The lowest BCUT2D eigenvalue weighted by Gasteiger charge is -2.09. The van der Waals surface area contributed by atoms with Crippen molar-refractivity contribution in [2.45, 2.75) is 40.5 Å². The van der Waals surface area contributed by atoms with Crippen LogP contribution in [0, 0.1) is 13.8 Å². The summed E-state index contributed by atoms with van der Waals surface area (Å²) in [5.74, 6) is 0. The highest BCUT2D eigenvalue weighted by Crippen LogP contribution is 2.16. The van der Waals surface area contributed by atoms with Gasteiger partial charge in [0.2, 0.25) is 0 Å². The second-order valence-electron chi connectivity index (χ2n) is 4.90. The zero-order chi connectivity index (χ0) is 13.1. The van der Waals surface area contributed by atoms with Gasteiger partial charge in [0, 0.05) is 0 Å². The molecule has 0 spiro atoms. The molecule has 0 radical (unpaired) electrons. The van der Waals surface area contributed by atoms with Gasteiger partial charge in [-0.25, -0.2) is 0 Å². The molecular formula is C18H22. The summed E-state index contributed by atoms with van der Waals surface area (Å²) in [7, 11) is 0. The van der Waals surface area contributed by atoms with Crippen molar-refractivity contribution >= 4 is 22.9 Å². The zero-order valence-corrected chi connectivity index (χ0v) is 11.9. The highest BCUT2D eigenvalue weighted by atomic mass is 14.1. The van der Waals surface area contributed by atoms with Crippen LogP contribution in [-0.4, -0.2) is 0 Å². The topological polar surface area (TPSA) is 0 Å². The minimum absolute atomic E-state index is 1.15. The summed E-state index contributed by atoms with van der Waals surface area (Å²) in [5, 5.41) is 5.61. The first-order valence-corrected chi connectivity index (χ1v) is 6.85. The monoisotopic (exact) mass is 238 g/mol. The Balaban J connectivity index is 2.98. The van der Waals surface area contributed by atoms with Crippen molar-refractivity contribution in [2.75, 3.05) is 0 Å². The van der Waals surface area contributed by atoms with Crippen LogP contribution < -0.4 is 10.4 Å². The van der Waals surface area contributed by atoms with Crippen molar-refractivity contribution in [1.82, 2.24) is 0 Å². The fraction of sp³-hybridized carbons (Fsp3) is 0.333. The van der Waals surface area contributed by atoms with Crippen LogP contribution in [0.5, 0.6) is 0 Å². The lowest BCUT2D eigenvalue weighted by Crippen LogP contribution is -2.30. The van der Waals surface area contributed by atoms with Crippen LogP contribution in [0.15, 0.2) is 24.3 Å². The lowest BCUT2D eigenvalue weighted by atomic mass is 9.95. The molecule has 0 unspecified atom stereocenters. The van der Waals surface area contributed by atoms with Crippen LogP contribution in [0.2, 0.25) is 0 Å². The van der Waals surface area contributed by atoms with Gasteiger partial charge in [0.05, 0.1) is 0 Å². The molecule has 0 heteroatoms. The second kappa shape index (κ2) is 5.39. The summed E-state index contributed by atoms with van der Waals surface area (Å²) in [6.45, 7) is 8.85. The van der Waals surface area contributed by atoms with Gasteiger partial charge in [-0.2, -0.15) is 0 Å². The highest BCUT2D eigenvalue weighted by molar-refractivity contribution is 5.89. The first-order valence-electron chi connectivity index (χ1n) is 6.85. The van der Waals surface area contributed by atoms with Crippen molar-refractivity contribution in [3.8, 4) is 0 Å². The molecule has 0 atom stereocenters. The summed E-state index contributed by atoms with van der Waals surface area (Å²) < 4.78 is 0. The molecule has 0 aliphatic heterocycles. The van der Waals surface area contributed by atoms with Gasteiger partial charge in [0.1, 0.15) is 0 Å². The Labute approximate surface area is 110 Å². The third-order valence-electron chi connectivity index (χ3n) is 3.76. The van der Waals surface area contributed by atoms with E-state index in [1.54, 1.807) is 0 Å². The standard InChI is InChI=1S/C18H22/c1-5-7-10-16-14(4)18-12-9-8-11-17(18)13(3)15(16)6-2/h6,8-12H,5,7H2,1-4H3/b15-6-,16-10?. The van der Waals surface area contributed by atoms with E-state index in [2.05, 4.69) is 64.1 Å². The minimum Gasteiger partial charge on any atom is -0.0795 e. The highest BCUT2D eigenvalue weighted by Gasteiger charge is 2.04. The van der Waals surface area contributed by atoms with E-state index >= 15 is 0 Å². The molecule has 0 aliphatic carbocycles.